The lowest BCUT2D eigenvalue weighted by atomic mass is 9.76. The number of carbonyl (C=O) groups excluding carboxylic acids is 2. The van der Waals surface area contributed by atoms with E-state index in [1.807, 2.05) is 64.1 Å². The minimum atomic E-state index is -0.589. The Bertz CT molecular complexity index is 1330. The number of carbonyl (C=O) groups is 2. The minimum Gasteiger partial charge on any atom is -0.496 e. The summed E-state index contributed by atoms with van der Waals surface area (Å²) in [6.45, 7) is 13.8. The molecule has 7 heteroatoms. The van der Waals surface area contributed by atoms with E-state index in [0.29, 0.717) is 12.1 Å². The molecular formula is C31H40N2O5. The number of piperidine rings is 1. The second-order valence-corrected chi connectivity index (χ2v) is 12.0. The van der Waals surface area contributed by atoms with Gasteiger partial charge in [-0.25, -0.2) is 9.59 Å². The van der Waals surface area contributed by atoms with Crippen molar-refractivity contribution in [1.29, 1.82) is 0 Å². The van der Waals surface area contributed by atoms with Gasteiger partial charge in [-0.05, 0) is 87.9 Å². The summed E-state index contributed by atoms with van der Waals surface area (Å²) in [5, 5.41) is 0.984. The second-order valence-electron chi connectivity index (χ2n) is 12.0. The van der Waals surface area contributed by atoms with Crippen LogP contribution in [0.2, 0.25) is 0 Å². The Morgan fingerprint density at radius 1 is 1.08 bits per heavy atom. The SMILES string of the molecule is COC(=O)c1ccc(C2CC(C)(C)CCN2Cc2c(OC)cc(C)c3c2ccn3C(=O)OC(C)(C)C)cc1. The first-order valence-electron chi connectivity index (χ1n) is 13.2. The molecule has 0 N–H and O–H groups in total. The monoisotopic (exact) mass is 520 g/mol. The van der Waals surface area contributed by atoms with E-state index < -0.39 is 11.7 Å². The number of methoxy groups -OCH3 is 2. The molecule has 1 atom stereocenters. The van der Waals surface area contributed by atoms with Crippen molar-refractivity contribution in [3.8, 4) is 5.75 Å². The van der Waals surface area contributed by atoms with Crippen LogP contribution in [0.5, 0.6) is 5.75 Å². The molecule has 1 saturated heterocycles. The van der Waals surface area contributed by atoms with Gasteiger partial charge in [0.25, 0.3) is 0 Å². The highest BCUT2D eigenvalue weighted by Gasteiger charge is 2.35. The van der Waals surface area contributed by atoms with Gasteiger partial charge < -0.3 is 14.2 Å². The van der Waals surface area contributed by atoms with E-state index in [2.05, 4.69) is 18.7 Å². The summed E-state index contributed by atoms with van der Waals surface area (Å²) in [4.78, 5) is 27.5. The van der Waals surface area contributed by atoms with Crippen LogP contribution in [0.15, 0.2) is 42.6 Å². The standard InChI is InChI=1S/C31H40N2O5/c1-20-17-26(36-7)24(23-13-15-33(27(20)23)29(35)38-30(2,3)4)19-32-16-14-31(5,6)18-25(32)21-9-11-22(12-10-21)28(34)37-8/h9-13,15,17,25H,14,16,18-19H2,1-8H3. The Kier molecular flexibility index (Phi) is 7.62. The van der Waals surface area contributed by atoms with Gasteiger partial charge in [-0.15, -0.1) is 0 Å². The van der Waals surface area contributed by atoms with Gasteiger partial charge in [0.15, 0.2) is 0 Å². The average molecular weight is 521 g/mol. The van der Waals surface area contributed by atoms with E-state index in [0.717, 1.165) is 47.2 Å². The molecule has 7 nitrogen and oxygen atoms in total. The highest BCUT2D eigenvalue weighted by Crippen LogP contribution is 2.43. The van der Waals surface area contributed by atoms with Gasteiger partial charge in [0.2, 0.25) is 0 Å². The molecule has 2 aromatic carbocycles. The third kappa shape index (κ3) is 5.73. The Morgan fingerprint density at radius 2 is 1.76 bits per heavy atom. The van der Waals surface area contributed by atoms with E-state index in [9.17, 15) is 9.59 Å². The molecular weight excluding hydrogens is 480 g/mol. The molecule has 1 aliphatic heterocycles. The van der Waals surface area contributed by atoms with Crippen molar-refractivity contribution >= 4 is 23.0 Å². The van der Waals surface area contributed by atoms with Crippen molar-refractivity contribution in [2.75, 3.05) is 20.8 Å². The van der Waals surface area contributed by atoms with Crippen molar-refractivity contribution < 1.29 is 23.8 Å². The van der Waals surface area contributed by atoms with Gasteiger partial charge in [-0.1, -0.05) is 26.0 Å². The molecule has 0 amide bonds. The van der Waals surface area contributed by atoms with Crippen LogP contribution < -0.4 is 4.74 Å². The van der Waals surface area contributed by atoms with Crippen molar-refractivity contribution in [3.05, 3.63) is 64.8 Å². The molecule has 1 fully saturated rings. The summed E-state index contributed by atoms with van der Waals surface area (Å²) < 4.78 is 18.0. The van der Waals surface area contributed by atoms with Gasteiger partial charge in [0, 0.05) is 29.7 Å². The maximum atomic E-state index is 13.0. The van der Waals surface area contributed by atoms with E-state index in [1.165, 1.54) is 12.7 Å². The number of esters is 1. The zero-order valence-electron chi connectivity index (χ0n) is 23.9. The Balaban J connectivity index is 1.74. The number of likely N-dealkylation sites (tertiary alicyclic amines) is 1. The molecule has 0 aliphatic carbocycles. The van der Waals surface area contributed by atoms with Gasteiger partial charge in [-0.3, -0.25) is 9.47 Å². The van der Waals surface area contributed by atoms with Crippen LogP contribution in [0.4, 0.5) is 4.79 Å². The fourth-order valence-electron chi connectivity index (χ4n) is 5.41. The second kappa shape index (κ2) is 10.4. The molecule has 204 valence electrons. The predicted molar refractivity (Wildman–Crippen MR) is 149 cm³/mol. The summed E-state index contributed by atoms with van der Waals surface area (Å²) in [7, 11) is 3.09. The van der Waals surface area contributed by atoms with E-state index in [-0.39, 0.29) is 17.4 Å². The first-order chi connectivity index (χ1) is 17.8. The van der Waals surface area contributed by atoms with Crippen LogP contribution in [0, 0.1) is 12.3 Å². The topological polar surface area (TPSA) is 70.0 Å². The summed E-state index contributed by atoms with van der Waals surface area (Å²) in [5.74, 6) is 0.472. The number of nitrogens with zero attached hydrogens (tertiary/aromatic N) is 2. The highest BCUT2D eigenvalue weighted by atomic mass is 16.6. The Hall–Kier alpha value is -3.32. The third-order valence-electron chi connectivity index (χ3n) is 7.38. The molecule has 2 heterocycles. The highest BCUT2D eigenvalue weighted by molar-refractivity contribution is 5.95. The molecule has 4 rings (SSSR count). The van der Waals surface area contributed by atoms with Crippen LogP contribution >= 0.6 is 0 Å². The van der Waals surface area contributed by atoms with Crippen LogP contribution in [0.1, 0.15) is 80.6 Å². The van der Waals surface area contributed by atoms with Crippen LogP contribution in [-0.2, 0) is 16.0 Å². The molecule has 0 radical (unpaired) electrons. The smallest absolute Gasteiger partial charge is 0.419 e. The van der Waals surface area contributed by atoms with Crippen molar-refractivity contribution in [2.45, 2.75) is 72.6 Å². The Morgan fingerprint density at radius 3 is 2.37 bits per heavy atom. The molecule has 0 bridgehead atoms. The molecule has 0 spiro atoms. The lowest BCUT2D eigenvalue weighted by molar-refractivity contribution is 0.0542. The molecule has 0 saturated carbocycles. The maximum Gasteiger partial charge on any atom is 0.419 e. The van der Waals surface area contributed by atoms with Gasteiger partial charge >= 0.3 is 12.1 Å². The number of hydrogen-bond acceptors (Lipinski definition) is 6. The molecule has 1 unspecified atom stereocenters. The van der Waals surface area contributed by atoms with Gasteiger partial charge in [0.05, 0.1) is 25.3 Å². The van der Waals surface area contributed by atoms with Crippen molar-refractivity contribution in [3.63, 3.8) is 0 Å². The van der Waals surface area contributed by atoms with E-state index >= 15 is 0 Å². The fourth-order valence-corrected chi connectivity index (χ4v) is 5.41. The third-order valence-corrected chi connectivity index (χ3v) is 7.38. The number of aromatic nitrogens is 1. The van der Waals surface area contributed by atoms with Crippen LogP contribution in [0.3, 0.4) is 0 Å². The van der Waals surface area contributed by atoms with E-state index in [1.54, 1.807) is 17.9 Å². The molecule has 1 aliphatic rings. The molecule has 38 heavy (non-hydrogen) atoms. The predicted octanol–water partition coefficient (Wildman–Crippen LogP) is 6.89. The molecule has 3 aromatic rings. The number of benzene rings is 2. The van der Waals surface area contributed by atoms with E-state index in [4.69, 9.17) is 14.2 Å². The number of rotatable bonds is 5. The van der Waals surface area contributed by atoms with Crippen LogP contribution in [0.25, 0.3) is 10.9 Å². The molecule has 1 aromatic heterocycles. The number of fused-ring (bicyclic) bond motifs is 1. The number of ether oxygens (including phenoxy) is 3. The fraction of sp³-hybridized carbons (Fsp3) is 0.484. The van der Waals surface area contributed by atoms with Crippen LogP contribution in [-0.4, -0.2) is 47.9 Å². The number of aryl methyl sites for hydroxylation is 1. The summed E-state index contributed by atoms with van der Waals surface area (Å²) in [5.41, 5.74) is 4.15. The Labute approximate surface area is 225 Å². The largest absolute Gasteiger partial charge is 0.496 e. The van der Waals surface area contributed by atoms with Crippen molar-refractivity contribution in [2.24, 2.45) is 5.41 Å². The van der Waals surface area contributed by atoms with Gasteiger partial charge in [-0.2, -0.15) is 0 Å². The summed E-state index contributed by atoms with van der Waals surface area (Å²) in [6, 6.07) is 11.9. The first kappa shape index (κ1) is 27.7. The first-order valence-corrected chi connectivity index (χ1v) is 13.2. The lowest BCUT2D eigenvalue weighted by Crippen LogP contribution is -2.39. The maximum absolute atomic E-state index is 13.0. The quantitative estimate of drug-likeness (QED) is 0.341. The van der Waals surface area contributed by atoms with Gasteiger partial charge in [0.1, 0.15) is 11.4 Å². The normalized spacial score (nSPS) is 17.8. The average Bonchev–Trinajstić information content (AvgIpc) is 3.31. The number of hydrogen-bond donors (Lipinski definition) is 0. The zero-order valence-corrected chi connectivity index (χ0v) is 23.9. The summed E-state index contributed by atoms with van der Waals surface area (Å²) in [6.07, 6.45) is 3.45. The zero-order chi connectivity index (χ0) is 27.8. The lowest BCUT2D eigenvalue weighted by Gasteiger charge is -2.44. The summed E-state index contributed by atoms with van der Waals surface area (Å²) >= 11 is 0. The minimum absolute atomic E-state index is 0.166. The van der Waals surface area contributed by atoms with Crippen molar-refractivity contribution in [1.82, 2.24) is 9.47 Å².